The van der Waals surface area contributed by atoms with E-state index in [0.717, 1.165) is 23.4 Å². The van der Waals surface area contributed by atoms with Gasteiger partial charge in [0.1, 0.15) is 0 Å². The first-order valence-corrected chi connectivity index (χ1v) is 7.97. The van der Waals surface area contributed by atoms with Crippen molar-refractivity contribution in [1.29, 1.82) is 0 Å². The molecule has 0 aliphatic rings. The van der Waals surface area contributed by atoms with Gasteiger partial charge in [-0.15, -0.1) is 0 Å². The van der Waals surface area contributed by atoms with E-state index in [-0.39, 0.29) is 5.91 Å². The van der Waals surface area contributed by atoms with E-state index in [1.807, 2.05) is 54.1 Å². The fraction of sp³-hybridized carbons (Fsp3) is 0.211. The van der Waals surface area contributed by atoms with Crippen LogP contribution in [0, 0.1) is 0 Å². The number of hydrogen-bond acceptors (Lipinski definition) is 3. The normalized spacial score (nSPS) is 10.6. The summed E-state index contributed by atoms with van der Waals surface area (Å²) in [7, 11) is 1.80. The highest BCUT2D eigenvalue weighted by Crippen LogP contribution is 2.17. The Balaban J connectivity index is 1.86. The van der Waals surface area contributed by atoms with Gasteiger partial charge in [0.25, 0.3) is 5.91 Å². The first-order chi connectivity index (χ1) is 11.7. The molecule has 0 aliphatic heterocycles. The van der Waals surface area contributed by atoms with Crippen molar-refractivity contribution in [1.82, 2.24) is 19.7 Å². The molecule has 122 valence electrons. The molecule has 0 atom stereocenters. The van der Waals surface area contributed by atoms with Gasteiger partial charge in [0.2, 0.25) is 0 Å². The minimum atomic E-state index is -0.0297. The van der Waals surface area contributed by atoms with Crippen LogP contribution in [0.1, 0.15) is 28.5 Å². The van der Waals surface area contributed by atoms with Crippen molar-refractivity contribution in [3.05, 3.63) is 77.9 Å². The maximum Gasteiger partial charge on any atom is 0.257 e. The Morgan fingerprint density at radius 1 is 1.12 bits per heavy atom. The predicted octanol–water partition coefficient (Wildman–Crippen LogP) is 3.10. The SMILES string of the molecule is CCc1c(C(=O)N(C)Cc2cccnc2)cnn1-c1ccccc1. The first kappa shape index (κ1) is 15.9. The molecular formula is C19H20N4O. The van der Waals surface area contributed by atoms with Gasteiger partial charge in [-0.05, 0) is 30.2 Å². The van der Waals surface area contributed by atoms with Crippen LogP contribution in [0.25, 0.3) is 5.69 Å². The molecule has 1 aromatic carbocycles. The summed E-state index contributed by atoms with van der Waals surface area (Å²) in [6, 6.07) is 13.7. The van der Waals surface area contributed by atoms with Gasteiger partial charge in [-0.3, -0.25) is 9.78 Å². The summed E-state index contributed by atoms with van der Waals surface area (Å²) in [4.78, 5) is 18.6. The Morgan fingerprint density at radius 2 is 1.92 bits per heavy atom. The lowest BCUT2D eigenvalue weighted by molar-refractivity contribution is 0.0784. The van der Waals surface area contributed by atoms with Crippen molar-refractivity contribution >= 4 is 5.91 Å². The molecule has 5 heteroatoms. The van der Waals surface area contributed by atoms with Crippen LogP contribution in [0.3, 0.4) is 0 Å². The molecule has 3 aromatic rings. The molecule has 0 spiro atoms. The van der Waals surface area contributed by atoms with E-state index >= 15 is 0 Å². The van der Waals surface area contributed by atoms with Crippen LogP contribution in [-0.2, 0) is 13.0 Å². The molecule has 0 unspecified atom stereocenters. The average molecular weight is 320 g/mol. The lowest BCUT2D eigenvalue weighted by Gasteiger charge is -2.17. The number of carbonyl (C=O) groups excluding carboxylic acids is 1. The summed E-state index contributed by atoms with van der Waals surface area (Å²) < 4.78 is 1.84. The largest absolute Gasteiger partial charge is 0.337 e. The molecule has 0 bridgehead atoms. The Bertz CT molecular complexity index is 812. The maximum absolute atomic E-state index is 12.8. The average Bonchev–Trinajstić information content (AvgIpc) is 3.06. The monoisotopic (exact) mass is 320 g/mol. The Morgan fingerprint density at radius 3 is 2.58 bits per heavy atom. The van der Waals surface area contributed by atoms with Crippen LogP contribution >= 0.6 is 0 Å². The molecule has 5 nitrogen and oxygen atoms in total. The molecule has 0 saturated heterocycles. The molecule has 2 heterocycles. The molecule has 0 radical (unpaired) electrons. The molecule has 0 saturated carbocycles. The molecule has 1 amide bonds. The summed E-state index contributed by atoms with van der Waals surface area (Å²) >= 11 is 0. The smallest absolute Gasteiger partial charge is 0.257 e. The van der Waals surface area contributed by atoms with Crippen LogP contribution in [0.2, 0.25) is 0 Å². The van der Waals surface area contributed by atoms with Crippen molar-refractivity contribution in [3.8, 4) is 5.69 Å². The van der Waals surface area contributed by atoms with Crippen LogP contribution in [0.5, 0.6) is 0 Å². The Hall–Kier alpha value is -2.95. The maximum atomic E-state index is 12.8. The third-order valence-corrected chi connectivity index (χ3v) is 3.92. The summed E-state index contributed by atoms with van der Waals surface area (Å²) in [6.07, 6.45) is 5.90. The van der Waals surface area contributed by atoms with Gasteiger partial charge in [-0.25, -0.2) is 4.68 Å². The molecule has 24 heavy (non-hydrogen) atoms. The standard InChI is InChI=1S/C19H20N4O/c1-3-18-17(13-21-23(18)16-9-5-4-6-10-16)19(24)22(2)14-15-8-7-11-20-12-15/h4-13H,3,14H2,1-2H3. The lowest BCUT2D eigenvalue weighted by atomic mass is 10.1. The second-order valence-corrected chi connectivity index (χ2v) is 5.63. The number of pyridine rings is 1. The summed E-state index contributed by atoms with van der Waals surface area (Å²) in [6.45, 7) is 2.56. The first-order valence-electron chi connectivity index (χ1n) is 7.97. The molecule has 3 rings (SSSR count). The van der Waals surface area contributed by atoms with Crippen molar-refractivity contribution in [2.45, 2.75) is 19.9 Å². The number of nitrogens with zero attached hydrogens (tertiary/aromatic N) is 4. The van der Waals surface area contributed by atoms with E-state index in [1.54, 1.807) is 30.5 Å². The summed E-state index contributed by atoms with van der Waals surface area (Å²) in [5, 5.41) is 4.42. The number of benzene rings is 1. The van der Waals surface area contributed by atoms with Crippen molar-refractivity contribution in [2.75, 3.05) is 7.05 Å². The van der Waals surface area contributed by atoms with Crippen LogP contribution < -0.4 is 0 Å². The fourth-order valence-electron chi connectivity index (χ4n) is 2.73. The molecule has 2 aromatic heterocycles. The second-order valence-electron chi connectivity index (χ2n) is 5.63. The van der Waals surface area contributed by atoms with Gasteiger partial charge >= 0.3 is 0 Å². The summed E-state index contributed by atoms with van der Waals surface area (Å²) in [5.74, 6) is -0.0297. The zero-order chi connectivity index (χ0) is 16.9. The predicted molar refractivity (Wildman–Crippen MR) is 93.0 cm³/mol. The fourth-order valence-corrected chi connectivity index (χ4v) is 2.73. The van der Waals surface area contributed by atoms with Crippen LogP contribution in [-0.4, -0.2) is 32.6 Å². The molecule has 0 aliphatic carbocycles. The zero-order valence-corrected chi connectivity index (χ0v) is 13.9. The highest BCUT2D eigenvalue weighted by Gasteiger charge is 2.20. The lowest BCUT2D eigenvalue weighted by Crippen LogP contribution is -2.27. The van der Waals surface area contributed by atoms with Crippen LogP contribution in [0.4, 0.5) is 0 Å². The number of amides is 1. The highest BCUT2D eigenvalue weighted by atomic mass is 16.2. The van der Waals surface area contributed by atoms with Crippen molar-refractivity contribution in [3.63, 3.8) is 0 Å². The number of carbonyl (C=O) groups is 1. The molecule has 0 fully saturated rings. The van der Waals surface area contributed by atoms with Gasteiger partial charge in [0.15, 0.2) is 0 Å². The van der Waals surface area contributed by atoms with E-state index < -0.39 is 0 Å². The quantitative estimate of drug-likeness (QED) is 0.726. The number of para-hydroxylation sites is 1. The van der Waals surface area contributed by atoms with Gasteiger partial charge in [0, 0.05) is 26.0 Å². The minimum absolute atomic E-state index is 0.0297. The molecule has 0 N–H and O–H groups in total. The highest BCUT2D eigenvalue weighted by molar-refractivity contribution is 5.95. The molecular weight excluding hydrogens is 300 g/mol. The Kier molecular flexibility index (Phi) is 4.70. The zero-order valence-electron chi connectivity index (χ0n) is 13.9. The third kappa shape index (κ3) is 3.20. The van der Waals surface area contributed by atoms with Gasteiger partial charge in [-0.2, -0.15) is 5.10 Å². The van der Waals surface area contributed by atoms with E-state index in [9.17, 15) is 4.79 Å². The number of aromatic nitrogens is 3. The van der Waals surface area contributed by atoms with Crippen molar-refractivity contribution < 1.29 is 4.79 Å². The summed E-state index contributed by atoms with van der Waals surface area (Å²) in [5.41, 5.74) is 3.53. The van der Waals surface area contributed by atoms with E-state index in [0.29, 0.717) is 12.1 Å². The van der Waals surface area contributed by atoms with E-state index in [1.165, 1.54) is 0 Å². The van der Waals surface area contributed by atoms with Gasteiger partial charge in [0.05, 0.1) is 23.1 Å². The van der Waals surface area contributed by atoms with Crippen molar-refractivity contribution in [2.24, 2.45) is 0 Å². The van der Waals surface area contributed by atoms with E-state index in [2.05, 4.69) is 10.1 Å². The number of hydrogen-bond donors (Lipinski definition) is 0. The Labute approximate surface area is 141 Å². The number of rotatable bonds is 5. The van der Waals surface area contributed by atoms with Gasteiger partial charge < -0.3 is 4.90 Å². The van der Waals surface area contributed by atoms with Crippen LogP contribution in [0.15, 0.2) is 61.1 Å². The van der Waals surface area contributed by atoms with E-state index in [4.69, 9.17) is 0 Å². The topological polar surface area (TPSA) is 51.0 Å². The van der Waals surface area contributed by atoms with Gasteiger partial charge in [-0.1, -0.05) is 31.2 Å². The minimum Gasteiger partial charge on any atom is -0.337 e. The second kappa shape index (κ2) is 7.08. The third-order valence-electron chi connectivity index (χ3n) is 3.92.